The van der Waals surface area contributed by atoms with Gasteiger partial charge in [0.25, 0.3) is 0 Å². The molecule has 2 rings (SSSR count). The molecule has 1 aromatic rings. The Hall–Kier alpha value is -0.380. The molecule has 2 nitrogen and oxygen atoms in total. The van der Waals surface area contributed by atoms with Gasteiger partial charge in [0.1, 0.15) is 0 Å². The first-order valence-corrected chi connectivity index (χ1v) is 7.52. The van der Waals surface area contributed by atoms with Crippen molar-refractivity contribution >= 4 is 11.3 Å². The quantitative estimate of drug-likeness (QED) is 0.864. The molecule has 0 amide bonds. The average molecular weight is 252 g/mol. The Bertz CT molecular complexity index is 336. The summed E-state index contributed by atoms with van der Waals surface area (Å²) in [6.45, 7) is 6.43. The van der Waals surface area contributed by atoms with Crippen molar-refractivity contribution in [2.45, 2.75) is 45.2 Å². The standard InChI is InChI=1S/C14H24N2S/c1-11-5-6-14(10-15,12(2)8-11)16-9-13-4-3-7-17-13/h3-4,7,11-12,16H,5-6,8-10,15H2,1-2H3. The van der Waals surface area contributed by atoms with Crippen LogP contribution in [0.4, 0.5) is 0 Å². The van der Waals surface area contributed by atoms with Crippen LogP contribution in [0.5, 0.6) is 0 Å². The zero-order chi connectivity index (χ0) is 12.3. The van der Waals surface area contributed by atoms with Gasteiger partial charge in [-0.1, -0.05) is 19.9 Å². The van der Waals surface area contributed by atoms with E-state index in [0.29, 0.717) is 5.92 Å². The first-order valence-electron chi connectivity index (χ1n) is 6.64. The van der Waals surface area contributed by atoms with E-state index in [0.717, 1.165) is 19.0 Å². The monoisotopic (exact) mass is 252 g/mol. The van der Waals surface area contributed by atoms with Gasteiger partial charge in [-0.3, -0.25) is 0 Å². The van der Waals surface area contributed by atoms with Crippen molar-refractivity contribution < 1.29 is 0 Å². The van der Waals surface area contributed by atoms with Crippen molar-refractivity contribution in [3.63, 3.8) is 0 Å². The molecule has 0 aromatic carbocycles. The third-order valence-electron chi connectivity index (χ3n) is 4.34. The summed E-state index contributed by atoms with van der Waals surface area (Å²) >= 11 is 1.82. The summed E-state index contributed by atoms with van der Waals surface area (Å²) in [6.07, 6.45) is 3.82. The maximum Gasteiger partial charge on any atom is 0.0333 e. The van der Waals surface area contributed by atoms with Crippen LogP contribution >= 0.6 is 11.3 Å². The van der Waals surface area contributed by atoms with Crippen LogP contribution in [0.25, 0.3) is 0 Å². The highest BCUT2D eigenvalue weighted by Crippen LogP contribution is 2.36. The summed E-state index contributed by atoms with van der Waals surface area (Å²) in [6, 6.07) is 4.31. The Morgan fingerprint density at radius 2 is 2.35 bits per heavy atom. The molecule has 1 heterocycles. The number of rotatable bonds is 4. The highest BCUT2D eigenvalue weighted by atomic mass is 32.1. The molecule has 0 radical (unpaired) electrons. The fourth-order valence-corrected chi connectivity index (χ4v) is 3.66. The Morgan fingerprint density at radius 3 is 2.94 bits per heavy atom. The largest absolute Gasteiger partial charge is 0.329 e. The molecular formula is C14H24N2S. The fourth-order valence-electron chi connectivity index (χ4n) is 3.01. The molecule has 3 heteroatoms. The van der Waals surface area contributed by atoms with E-state index in [4.69, 9.17) is 5.73 Å². The third kappa shape index (κ3) is 2.90. The van der Waals surface area contributed by atoms with Crippen LogP contribution in [-0.4, -0.2) is 12.1 Å². The molecule has 0 bridgehead atoms. The SMILES string of the molecule is CC1CCC(CN)(NCc2cccs2)C(C)C1. The Balaban J connectivity index is 1.99. The number of nitrogens with two attached hydrogens (primary N) is 1. The van der Waals surface area contributed by atoms with Gasteiger partial charge < -0.3 is 11.1 Å². The van der Waals surface area contributed by atoms with Crippen molar-refractivity contribution in [3.05, 3.63) is 22.4 Å². The van der Waals surface area contributed by atoms with E-state index >= 15 is 0 Å². The molecule has 0 spiro atoms. The van der Waals surface area contributed by atoms with Crippen LogP contribution in [-0.2, 0) is 6.54 Å². The minimum Gasteiger partial charge on any atom is -0.329 e. The molecule has 1 aliphatic carbocycles. The molecule has 1 aromatic heterocycles. The van der Waals surface area contributed by atoms with Crippen LogP contribution < -0.4 is 11.1 Å². The first kappa shape index (κ1) is 13.1. The molecule has 96 valence electrons. The minimum absolute atomic E-state index is 0.163. The zero-order valence-corrected chi connectivity index (χ0v) is 11.7. The van der Waals surface area contributed by atoms with E-state index in [1.165, 1.54) is 24.1 Å². The maximum absolute atomic E-state index is 6.05. The van der Waals surface area contributed by atoms with Gasteiger partial charge in [-0.15, -0.1) is 11.3 Å². The van der Waals surface area contributed by atoms with Crippen LogP contribution in [0.2, 0.25) is 0 Å². The lowest BCUT2D eigenvalue weighted by Gasteiger charge is -2.45. The molecule has 0 aliphatic heterocycles. The predicted octanol–water partition coefficient (Wildman–Crippen LogP) is 2.99. The van der Waals surface area contributed by atoms with E-state index in [2.05, 4.69) is 36.7 Å². The summed E-state index contributed by atoms with van der Waals surface area (Å²) in [7, 11) is 0. The van der Waals surface area contributed by atoms with Crippen molar-refractivity contribution in [3.8, 4) is 0 Å². The van der Waals surface area contributed by atoms with Gasteiger partial charge in [-0.2, -0.15) is 0 Å². The second-order valence-electron chi connectivity index (χ2n) is 5.57. The number of thiophene rings is 1. The summed E-state index contributed by atoms with van der Waals surface area (Å²) < 4.78 is 0. The first-order chi connectivity index (χ1) is 8.16. The van der Waals surface area contributed by atoms with Crippen LogP contribution in [0, 0.1) is 11.8 Å². The van der Waals surface area contributed by atoms with Gasteiger partial charge in [0.2, 0.25) is 0 Å². The van der Waals surface area contributed by atoms with Crippen molar-refractivity contribution in [1.82, 2.24) is 5.32 Å². The molecular weight excluding hydrogens is 228 g/mol. The van der Waals surface area contributed by atoms with Crippen LogP contribution in [0.15, 0.2) is 17.5 Å². The highest BCUT2D eigenvalue weighted by Gasteiger charge is 2.38. The van der Waals surface area contributed by atoms with Gasteiger partial charge in [0.05, 0.1) is 0 Å². The normalized spacial score (nSPS) is 33.8. The molecule has 3 N–H and O–H groups in total. The van der Waals surface area contributed by atoms with E-state index in [1.54, 1.807) is 0 Å². The summed E-state index contributed by atoms with van der Waals surface area (Å²) in [5.41, 5.74) is 6.22. The van der Waals surface area contributed by atoms with Crippen LogP contribution in [0.1, 0.15) is 38.0 Å². The molecule has 1 fully saturated rings. The van der Waals surface area contributed by atoms with Crippen molar-refractivity contribution in [1.29, 1.82) is 0 Å². The lowest BCUT2D eigenvalue weighted by Crippen LogP contribution is -2.57. The Kier molecular flexibility index (Phi) is 4.23. The zero-order valence-electron chi connectivity index (χ0n) is 10.9. The summed E-state index contributed by atoms with van der Waals surface area (Å²) in [5.74, 6) is 1.53. The van der Waals surface area contributed by atoms with E-state index < -0.39 is 0 Å². The molecule has 1 saturated carbocycles. The van der Waals surface area contributed by atoms with Crippen molar-refractivity contribution in [2.24, 2.45) is 17.6 Å². The second kappa shape index (κ2) is 5.51. The fraction of sp³-hybridized carbons (Fsp3) is 0.714. The third-order valence-corrected chi connectivity index (χ3v) is 5.22. The van der Waals surface area contributed by atoms with Gasteiger partial charge in [0.15, 0.2) is 0 Å². The molecule has 17 heavy (non-hydrogen) atoms. The van der Waals surface area contributed by atoms with E-state index in [1.807, 2.05) is 11.3 Å². The Morgan fingerprint density at radius 1 is 1.53 bits per heavy atom. The smallest absolute Gasteiger partial charge is 0.0333 e. The second-order valence-corrected chi connectivity index (χ2v) is 6.61. The minimum atomic E-state index is 0.163. The average Bonchev–Trinajstić information content (AvgIpc) is 2.82. The van der Waals surface area contributed by atoms with E-state index in [9.17, 15) is 0 Å². The predicted molar refractivity (Wildman–Crippen MR) is 75.1 cm³/mol. The molecule has 3 atom stereocenters. The van der Waals surface area contributed by atoms with E-state index in [-0.39, 0.29) is 5.54 Å². The molecule has 3 unspecified atom stereocenters. The summed E-state index contributed by atoms with van der Waals surface area (Å²) in [4.78, 5) is 1.41. The van der Waals surface area contributed by atoms with Gasteiger partial charge in [-0.25, -0.2) is 0 Å². The van der Waals surface area contributed by atoms with Crippen LogP contribution in [0.3, 0.4) is 0 Å². The van der Waals surface area contributed by atoms with Crippen molar-refractivity contribution in [2.75, 3.05) is 6.54 Å². The van der Waals surface area contributed by atoms with Gasteiger partial charge in [0, 0.05) is 23.5 Å². The number of hydrogen-bond acceptors (Lipinski definition) is 3. The molecule has 0 saturated heterocycles. The lowest BCUT2D eigenvalue weighted by atomic mass is 9.70. The number of nitrogens with one attached hydrogen (secondary N) is 1. The molecule has 1 aliphatic rings. The van der Waals surface area contributed by atoms with Gasteiger partial charge >= 0.3 is 0 Å². The number of hydrogen-bond donors (Lipinski definition) is 2. The lowest BCUT2D eigenvalue weighted by molar-refractivity contribution is 0.128. The summed E-state index contributed by atoms with van der Waals surface area (Å²) in [5, 5.41) is 5.88. The highest BCUT2D eigenvalue weighted by molar-refractivity contribution is 7.09. The Labute approximate surface area is 109 Å². The topological polar surface area (TPSA) is 38.0 Å². The van der Waals surface area contributed by atoms with Gasteiger partial charge in [-0.05, 0) is 42.5 Å². The maximum atomic E-state index is 6.05.